The maximum atomic E-state index is 11.9. The van der Waals surface area contributed by atoms with Gasteiger partial charge in [0, 0.05) is 24.0 Å². The van der Waals surface area contributed by atoms with Crippen LogP contribution in [-0.4, -0.2) is 53.1 Å². The molecule has 1 heterocycles. The average molecular weight is 393 g/mol. The maximum absolute atomic E-state index is 11.9. The van der Waals surface area contributed by atoms with Gasteiger partial charge in [0.1, 0.15) is 5.60 Å². The minimum absolute atomic E-state index is 0.166. The molecule has 1 aliphatic carbocycles. The van der Waals surface area contributed by atoms with E-state index in [4.69, 9.17) is 4.74 Å². The molecule has 1 amide bonds. The van der Waals surface area contributed by atoms with E-state index in [0.29, 0.717) is 6.04 Å². The molecule has 5 nitrogen and oxygen atoms in total. The fourth-order valence-corrected chi connectivity index (χ4v) is 4.48. The molecular weight excluding hydrogens is 360 g/mol. The molecule has 0 bridgehead atoms. The normalized spacial score (nSPS) is 27.1. The van der Waals surface area contributed by atoms with E-state index in [1.807, 2.05) is 32.9 Å². The number of likely N-dealkylation sites (tertiary alicyclic amines) is 1. The first-order chi connectivity index (χ1) is 12.7. The minimum atomic E-state index is -0.707. The van der Waals surface area contributed by atoms with Crippen molar-refractivity contribution >= 4 is 17.9 Å². The Labute approximate surface area is 166 Å². The van der Waals surface area contributed by atoms with Gasteiger partial charge in [-0.05, 0) is 70.4 Å². The molecule has 6 heteroatoms. The van der Waals surface area contributed by atoms with Crippen LogP contribution in [0, 0.1) is 0 Å². The Morgan fingerprint density at radius 3 is 2.56 bits per heavy atom. The summed E-state index contributed by atoms with van der Waals surface area (Å²) in [6.45, 7) is 7.35. The third-order valence-electron chi connectivity index (χ3n) is 5.54. The summed E-state index contributed by atoms with van der Waals surface area (Å²) in [5, 5.41) is 14.1. The Kier molecular flexibility index (Phi) is 6.08. The molecule has 150 valence electrons. The highest BCUT2D eigenvalue weighted by Crippen LogP contribution is 2.40. The van der Waals surface area contributed by atoms with Gasteiger partial charge in [-0.1, -0.05) is 12.1 Å². The molecule has 3 rings (SSSR count). The number of thioether (sulfide) groups is 1. The number of carbonyl (C=O) groups is 1. The highest BCUT2D eigenvalue weighted by atomic mass is 32.2. The lowest BCUT2D eigenvalue weighted by Gasteiger charge is -2.48. The van der Waals surface area contributed by atoms with Crippen LogP contribution >= 0.6 is 11.8 Å². The smallest absolute Gasteiger partial charge is 0.407 e. The van der Waals surface area contributed by atoms with E-state index >= 15 is 0 Å². The van der Waals surface area contributed by atoms with E-state index in [-0.39, 0.29) is 12.1 Å². The van der Waals surface area contributed by atoms with Gasteiger partial charge < -0.3 is 15.2 Å². The molecule has 1 aromatic rings. The third kappa shape index (κ3) is 5.18. The van der Waals surface area contributed by atoms with Gasteiger partial charge in [-0.25, -0.2) is 4.79 Å². The fraction of sp³-hybridized carbons (Fsp3) is 0.667. The van der Waals surface area contributed by atoms with Gasteiger partial charge in [0.05, 0.1) is 11.6 Å². The van der Waals surface area contributed by atoms with Crippen LogP contribution in [0.25, 0.3) is 0 Å². The number of carbonyl (C=O) groups excluding carboxylic acids is 1. The average Bonchev–Trinajstić information content (AvgIpc) is 2.57. The van der Waals surface area contributed by atoms with Crippen LogP contribution in [0.4, 0.5) is 4.79 Å². The second-order valence-corrected chi connectivity index (χ2v) is 9.67. The van der Waals surface area contributed by atoms with Gasteiger partial charge in [0.25, 0.3) is 0 Å². The van der Waals surface area contributed by atoms with E-state index in [0.717, 1.165) is 44.3 Å². The predicted molar refractivity (Wildman–Crippen MR) is 109 cm³/mol. The first-order valence-electron chi connectivity index (χ1n) is 9.79. The van der Waals surface area contributed by atoms with E-state index in [1.165, 1.54) is 4.90 Å². The number of hydrogen-bond acceptors (Lipinski definition) is 5. The van der Waals surface area contributed by atoms with Crippen LogP contribution in [0.3, 0.4) is 0 Å². The van der Waals surface area contributed by atoms with Crippen LogP contribution in [0.1, 0.15) is 52.0 Å². The van der Waals surface area contributed by atoms with Crippen LogP contribution in [-0.2, 0) is 10.3 Å². The van der Waals surface area contributed by atoms with Crippen LogP contribution in [0.15, 0.2) is 29.2 Å². The molecule has 1 saturated heterocycles. The monoisotopic (exact) mass is 392 g/mol. The van der Waals surface area contributed by atoms with Crippen molar-refractivity contribution in [3.05, 3.63) is 29.8 Å². The lowest BCUT2D eigenvalue weighted by atomic mass is 9.76. The minimum Gasteiger partial charge on any atom is -0.444 e. The van der Waals surface area contributed by atoms with Crippen molar-refractivity contribution < 1.29 is 14.6 Å². The fourth-order valence-electron chi connectivity index (χ4n) is 4.02. The second-order valence-electron chi connectivity index (χ2n) is 8.79. The van der Waals surface area contributed by atoms with Crippen molar-refractivity contribution in [1.82, 2.24) is 10.2 Å². The van der Waals surface area contributed by atoms with E-state index in [2.05, 4.69) is 28.6 Å². The van der Waals surface area contributed by atoms with Gasteiger partial charge in [-0.2, -0.15) is 0 Å². The molecule has 1 aromatic carbocycles. The molecule has 0 unspecified atom stereocenters. The SMILES string of the molecule is CSc1cccc(C2(O)CCC(N3CC(NC(=O)OC(C)(C)C)C3)CC2)c1. The molecular formula is C21H32N2O3S. The van der Waals surface area contributed by atoms with Crippen LogP contribution in [0.5, 0.6) is 0 Å². The number of nitrogens with one attached hydrogen (secondary N) is 1. The van der Waals surface area contributed by atoms with E-state index in [9.17, 15) is 9.90 Å². The zero-order valence-corrected chi connectivity index (χ0v) is 17.6. The molecule has 0 spiro atoms. The largest absolute Gasteiger partial charge is 0.444 e. The number of alkyl carbamates (subject to hydrolysis) is 1. The number of amides is 1. The molecule has 2 fully saturated rings. The Hall–Kier alpha value is -1.24. The Balaban J connectivity index is 1.46. The maximum Gasteiger partial charge on any atom is 0.407 e. The van der Waals surface area contributed by atoms with Crippen molar-refractivity contribution in [1.29, 1.82) is 0 Å². The summed E-state index contributed by atoms with van der Waals surface area (Å²) in [4.78, 5) is 15.5. The first-order valence-corrected chi connectivity index (χ1v) is 11.0. The molecule has 2 N–H and O–H groups in total. The van der Waals surface area contributed by atoms with Gasteiger partial charge in [0.2, 0.25) is 0 Å². The molecule has 27 heavy (non-hydrogen) atoms. The van der Waals surface area contributed by atoms with E-state index < -0.39 is 11.2 Å². The summed E-state index contributed by atoms with van der Waals surface area (Å²) >= 11 is 1.71. The summed E-state index contributed by atoms with van der Waals surface area (Å²) in [6.07, 6.45) is 5.27. The summed E-state index contributed by atoms with van der Waals surface area (Å²) in [5.41, 5.74) is -0.128. The quantitative estimate of drug-likeness (QED) is 0.764. The van der Waals surface area contributed by atoms with Gasteiger partial charge in [0.15, 0.2) is 0 Å². The lowest BCUT2D eigenvalue weighted by Crippen LogP contribution is -2.63. The molecule has 1 saturated carbocycles. The Bertz CT molecular complexity index is 660. The zero-order valence-electron chi connectivity index (χ0n) is 16.8. The predicted octanol–water partition coefficient (Wildman–Crippen LogP) is 3.75. The summed E-state index contributed by atoms with van der Waals surface area (Å²) in [6, 6.07) is 8.94. The van der Waals surface area contributed by atoms with Gasteiger partial charge >= 0.3 is 6.09 Å². The van der Waals surface area contributed by atoms with E-state index in [1.54, 1.807) is 11.8 Å². The van der Waals surface area contributed by atoms with Gasteiger partial charge in [-0.3, -0.25) is 4.90 Å². The number of ether oxygens (including phenoxy) is 1. The standard InChI is InChI=1S/C21H32N2O3S/c1-20(2,3)26-19(24)22-16-13-23(14-16)17-8-10-21(25,11-9-17)15-6-5-7-18(12-15)27-4/h5-7,12,16-17,25H,8-11,13-14H2,1-4H3,(H,22,24). The number of hydrogen-bond donors (Lipinski definition) is 2. The highest BCUT2D eigenvalue weighted by Gasteiger charge is 2.40. The molecule has 1 aliphatic heterocycles. The first kappa shape index (κ1) is 20.5. The topological polar surface area (TPSA) is 61.8 Å². The zero-order chi connectivity index (χ0) is 19.7. The number of benzene rings is 1. The molecule has 0 radical (unpaired) electrons. The molecule has 2 aliphatic rings. The van der Waals surface area contributed by atoms with Gasteiger partial charge in [-0.15, -0.1) is 11.8 Å². The highest BCUT2D eigenvalue weighted by molar-refractivity contribution is 7.98. The number of nitrogens with zero attached hydrogens (tertiary/aromatic N) is 1. The number of rotatable bonds is 4. The molecule has 0 atom stereocenters. The van der Waals surface area contributed by atoms with Crippen LogP contribution in [0.2, 0.25) is 0 Å². The van der Waals surface area contributed by atoms with Crippen molar-refractivity contribution in [2.75, 3.05) is 19.3 Å². The van der Waals surface area contributed by atoms with Crippen molar-refractivity contribution in [2.24, 2.45) is 0 Å². The summed E-state index contributed by atoms with van der Waals surface area (Å²) in [7, 11) is 0. The van der Waals surface area contributed by atoms with Crippen molar-refractivity contribution in [3.8, 4) is 0 Å². The van der Waals surface area contributed by atoms with Crippen LogP contribution < -0.4 is 5.32 Å². The second kappa shape index (κ2) is 8.02. The lowest BCUT2D eigenvalue weighted by molar-refractivity contribution is -0.0410. The molecule has 0 aromatic heterocycles. The number of aliphatic hydroxyl groups is 1. The summed E-state index contributed by atoms with van der Waals surface area (Å²) < 4.78 is 5.32. The Morgan fingerprint density at radius 1 is 1.30 bits per heavy atom. The summed E-state index contributed by atoms with van der Waals surface area (Å²) in [5.74, 6) is 0. The third-order valence-corrected chi connectivity index (χ3v) is 6.26. The Morgan fingerprint density at radius 2 is 1.96 bits per heavy atom. The van der Waals surface area contributed by atoms with Crippen molar-refractivity contribution in [3.63, 3.8) is 0 Å². The van der Waals surface area contributed by atoms with Crippen molar-refractivity contribution in [2.45, 2.75) is 74.6 Å².